The van der Waals surface area contributed by atoms with Crippen LogP contribution in [0, 0.1) is 0 Å². The van der Waals surface area contributed by atoms with Gasteiger partial charge in [-0.1, -0.05) is 17.7 Å². The highest BCUT2D eigenvalue weighted by Crippen LogP contribution is 2.33. The number of H-pyrrole nitrogens is 1. The van der Waals surface area contributed by atoms with Crippen molar-refractivity contribution in [3.05, 3.63) is 76.6 Å². The zero-order valence-corrected chi connectivity index (χ0v) is 16.3. The first-order valence-electron chi connectivity index (χ1n) is 8.97. The van der Waals surface area contributed by atoms with E-state index in [1.54, 1.807) is 29.6 Å². The fourth-order valence-corrected chi connectivity index (χ4v) is 3.59. The Morgan fingerprint density at radius 3 is 2.90 bits per heavy atom. The number of benzene rings is 1. The van der Waals surface area contributed by atoms with E-state index in [2.05, 4.69) is 20.3 Å². The Labute approximate surface area is 171 Å². The van der Waals surface area contributed by atoms with Crippen molar-refractivity contribution in [3.63, 3.8) is 0 Å². The molecule has 0 bridgehead atoms. The lowest BCUT2D eigenvalue weighted by molar-refractivity contribution is 0.0601. The number of carbonyl (C=O) groups is 2. The lowest BCUT2D eigenvalue weighted by Gasteiger charge is -2.34. The average Bonchev–Trinajstić information content (AvgIpc) is 3.23. The van der Waals surface area contributed by atoms with E-state index in [4.69, 9.17) is 16.3 Å². The number of halogens is 1. The van der Waals surface area contributed by atoms with E-state index in [0.29, 0.717) is 18.7 Å². The second-order valence-corrected chi connectivity index (χ2v) is 6.89. The lowest BCUT2D eigenvalue weighted by Crippen LogP contribution is -2.43. The lowest BCUT2D eigenvalue weighted by atomic mass is 10.00. The number of imidazole rings is 1. The number of esters is 1. The summed E-state index contributed by atoms with van der Waals surface area (Å²) >= 11 is 6.06. The molecule has 29 heavy (non-hydrogen) atoms. The number of carbonyl (C=O) groups excluding carboxylic acids is 2. The molecule has 4 rings (SSSR count). The first kappa shape index (κ1) is 18.9. The zero-order chi connectivity index (χ0) is 20.4. The van der Waals surface area contributed by atoms with Gasteiger partial charge >= 0.3 is 12.0 Å². The van der Waals surface area contributed by atoms with Gasteiger partial charge in [0.25, 0.3) is 0 Å². The molecule has 2 amide bonds. The maximum Gasteiger partial charge on any atom is 0.339 e. The number of pyridine rings is 1. The Kier molecular flexibility index (Phi) is 5.18. The molecule has 0 saturated heterocycles. The smallest absolute Gasteiger partial charge is 0.339 e. The van der Waals surface area contributed by atoms with Crippen LogP contribution >= 0.6 is 11.6 Å². The number of rotatable bonds is 3. The van der Waals surface area contributed by atoms with Crippen LogP contribution in [0.25, 0.3) is 0 Å². The molecule has 1 aromatic carbocycles. The minimum Gasteiger partial charge on any atom is -0.465 e. The standard InChI is InChI=1S/C20H18ClN5O3/c1-29-19(27)13-10-12(5-6-14(13)21)25-20(28)26-9-7-15-17(24-11-23-15)18(26)16-4-2-3-8-22-16/h2-6,8,10-11,18H,7,9H2,1H3,(H,23,24)(H,25,28)/t18-/m0/s1. The largest absolute Gasteiger partial charge is 0.465 e. The molecule has 8 nitrogen and oxygen atoms in total. The first-order chi connectivity index (χ1) is 14.1. The normalized spacial score (nSPS) is 15.5. The topological polar surface area (TPSA) is 100 Å². The van der Waals surface area contributed by atoms with Crippen LogP contribution in [0.3, 0.4) is 0 Å². The number of amides is 2. The van der Waals surface area contributed by atoms with Gasteiger partial charge in [0.05, 0.1) is 35.4 Å². The van der Waals surface area contributed by atoms with Gasteiger partial charge in [-0.15, -0.1) is 0 Å². The van der Waals surface area contributed by atoms with Crippen molar-refractivity contribution in [2.24, 2.45) is 0 Å². The third kappa shape index (κ3) is 3.66. The molecule has 1 aliphatic rings. The van der Waals surface area contributed by atoms with Gasteiger partial charge in [-0.3, -0.25) is 4.98 Å². The molecule has 0 unspecified atom stereocenters. The summed E-state index contributed by atoms with van der Waals surface area (Å²) in [4.78, 5) is 38.6. The van der Waals surface area contributed by atoms with Crippen molar-refractivity contribution >= 4 is 29.3 Å². The quantitative estimate of drug-likeness (QED) is 0.643. The SMILES string of the molecule is COC(=O)c1cc(NC(=O)N2CCc3[nH]cnc3[C@@H]2c2ccccn2)ccc1Cl. The number of urea groups is 1. The van der Waals surface area contributed by atoms with E-state index in [9.17, 15) is 9.59 Å². The van der Waals surface area contributed by atoms with E-state index >= 15 is 0 Å². The van der Waals surface area contributed by atoms with Gasteiger partial charge in [0.15, 0.2) is 0 Å². The molecule has 2 N–H and O–H groups in total. The summed E-state index contributed by atoms with van der Waals surface area (Å²) in [7, 11) is 1.27. The van der Waals surface area contributed by atoms with Gasteiger partial charge in [0, 0.05) is 30.5 Å². The number of nitrogens with one attached hydrogen (secondary N) is 2. The Bertz CT molecular complexity index is 1050. The van der Waals surface area contributed by atoms with Crippen LogP contribution in [0.1, 0.15) is 33.5 Å². The number of hydrogen-bond donors (Lipinski definition) is 2. The van der Waals surface area contributed by atoms with Crippen molar-refractivity contribution in [1.29, 1.82) is 0 Å². The molecular weight excluding hydrogens is 394 g/mol. The molecule has 0 fully saturated rings. The third-order valence-electron chi connectivity index (χ3n) is 4.78. The number of ether oxygens (including phenoxy) is 1. The molecule has 3 heterocycles. The second-order valence-electron chi connectivity index (χ2n) is 6.48. The Hall–Kier alpha value is -3.39. The highest BCUT2D eigenvalue weighted by atomic mass is 35.5. The van der Waals surface area contributed by atoms with Gasteiger partial charge < -0.3 is 19.9 Å². The van der Waals surface area contributed by atoms with E-state index < -0.39 is 12.0 Å². The molecule has 0 saturated carbocycles. The Morgan fingerprint density at radius 2 is 2.14 bits per heavy atom. The number of fused-ring (bicyclic) bond motifs is 1. The van der Waals surface area contributed by atoms with Crippen LogP contribution in [0.2, 0.25) is 5.02 Å². The molecule has 0 radical (unpaired) electrons. The number of anilines is 1. The molecule has 1 atom stereocenters. The molecular formula is C20H18ClN5O3. The third-order valence-corrected chi connectivity index (χ3v) is 5.11. The molecule has 2 aromatic heterocycles. The van der Waals surface area contributed by atoms with Crippen LogP contribution in [-0.4, -0.2) is 45.5 Å². The van der Waals surface area contributed by atoms with Crippen molar-refractivity contribution in [3.8, 4) is 0 Å². The fourth-order valence-electron chi connectivity index (χ4n) is 3.40. The number of hydrogen-bond acceptors (Lipinski definition) is 5. The molecule has 0 spiro atoms. The van der Waals surface area contributed by atoms with E-state index in [1.165, 1.54) is 13.2 Å². The van der Waals surface area contributed by atoms with E-state index in [1.807, 2.05) is 18.2 Å². The highest BCUT2D eigenvalue weighted by Gasteiger charge is 2.35. The average molecular weight is 412 g/mol. The monoisotopic (exact) mass is 411 g/mol. The van der Waals surface area contributed by atoms with E-state index in [-0.39, 0.29) is 16.6 Å². The molecule has 9 heteroatoms. The highest BCUT2D eigenvalue weighted by molar-refractivity contribution is 6.33. The molecule has 3 aromatic rings. The number of aromatic nitrogens is 3. The summed E-state index contributed by atoms with van der Waals surface area (Å²) < 4.78 is 4.73. The van der Waals surface area contributed by atoms with Gasteiger partial charge in [-0.25, -0.2) is 14.6 Å². The van der Waals surface area contributed by atoms with Crippen LogP contribution in [0.5, 0.6) is 0 Å². The minimum absolute atomic E-state index is 0.182. The molecule has 0 aliphatic carbocycles. The van der Waals surface area contributed by atoms with Gasteiger partial charge in [0.1, 0.15) is 6.04 Å². The molecule has 1 aliphatic heterocycles. The zero-order valence-electron chi connectivity index (χ0n) is 15.6. The van der Waals surface area contributed by atoms with Crippen LogP contribution in [-0.2, 0) is 11.2 Å². The predicted molar refractivity (Wildman–Crippen MR) is 107 cm³/mol. The number of methoxy groups -OCH3 is 1. The minimum atomic E-state index is -0.573. The molecule has 148 valence electrons. The maximum atomic E-state index is 13.1. The Balaban J connectivity index is 1.63. The summed E-state index contributed by atoms with van der Waals surface area (Å²) in [6.07, 6.45) is 3.97. The van der Waals surface area contributed by atoms with E-state index in [0.717, 1.165) is 17.1 Å². The predicted octanol–water partition coefficient (Wildman–Crippen LogP) is 3.42. The maximum absolute atomic E-state index is 13.1. The summed E-state index contributed by atoms with van der Waals surface area (Å²) in [5, 5.41) is 3.09. The number of nitrogens with zero attached hydrogens (tertiary/aromatic N) is 3. The van der Waals surface area contributed by atoms with Crippen molar-refractivity contribution in [1.82, 2.24) is 19.9 Å². The first-order valence-corrected chi connectivity index (χ1v) is 9.35. The van der Waals surface area contributed by atoms with Crippen LogP contribution < -0.4 is 5.32 Å². The summed E-state index contributed by atoms with van der Waals surface area (Å²) in [5.41, 5.74) is 3.11. The summed E-state index contributed by atoms with van der Waals surface area (Å²) in [6, 6.07) is 9.49. The van der Waals surface area contributed by atoms with Crippen molar-refractivity contribution in [2.45, 2.75) is 12.5 Å². The Morgan fingerprint density at radius 1 is 1.28 bits per heavy atom. The summed E-state index contributed by atoms with van der Waals surface area (Å²) in [5.74, 6) is -0.573. The second kappa shape index (κ2) is 7.92. The van der Waals surface area contributed by atoms with Crippen molar-refractivity contribution in [2.75, 3.05) is 19.0 Å². The van der Waals surface area contributed by atoms with Crippen molar-refractivity contribution < 1.29 is 14.3 Å². The van der Waals surface area contributed by atoms with Gasteiger partial charge in [0.2, 0.25) is 0 Å². The van der Waals surface area contributed by atoms with Crippen LogP contribution in [0.15, 0.2) is 48.9 Å². The fraction of sp³-hybridized carbons (Fsp3) is 0.200. The van der Waals surface area contributed by atoms with Gasteiger partial charge in [-0.05, 0) is 30.3 Å². The van der Waals surface area contributed by atoms with Gasteiger partial charge in [-0.2, -0.15) is 0 Å². The number of aromatic amines is 1. The van der Waals surface area contributed by atoms with Crippen LogP contribution in [0.4, 0.5) is 10.5 Å². The summed E-state index contributed by atoms with van der Waals surface area (Å²) in [6.45, 7) is 0.486.